The van der Waals surface area contributed by atoms with Crippen LogP contribution in [0.3, 0.4) is 0 Å². The van der Waals surface area contributed by atoms with Crippen molar-refractivity contribution in [2.24, 2.45) is 5.10 Å². The first-order chi connectivity index (χ1) is 24.2. The van der Waals surface area contributed by atoms with Gasteiger partial charge in [0.05, 0.1) is 50.3 Å². The molecule has 0 saturated carbocycles. The van der Waals surface area contributed by atoms with Crippen LogP contribution in [-0.2, 0) is 25.7 Å². The molecule has 264 valence electrons. The molecule has 0 aliphatic carbocycles. The van der Waals surface area contributed by atoms with Crippen molar-refractivity contribution in [3.8, 4) is 23.0 Å². The number of hydrogen-bond donors (Lipinski definition) is 3. The Kier molecular flexibility index (Phi) is 13.2. The second-order valence-corrected chi connectivity index (χ2v) is 10.6. The lowest BCUT2D eigenvalue weighted by Gasteiger charge is -2.28. The van der Waals surface area contributed by atoms with Gasteiger partial charge in [-0.3, -0.25) is 4.79 Å². The van der Waals surface area contributed by atoms with Crippen molar-refractivity contribution in [1.82, 2.24) is 16.1 Å². The van der Waals surface area contributed by atoms with Gasteiger partial charge in [0.1, 0.15) is 6.61 Å². The molecular weight excluding hydrogens is 648 g/mol. The fourth-order valence-corrected chi connectivity index (χ4v) is 4.87. The van der Waals surface area contributed by atoms with Crippen LogP contribution in [-0.4, -0.2) is 63.6 Å². The Hall–Kier alpha value is -6.05. The average Bonchev–Trinajstić information content (AvgIpc) is 3.10. The average molecular weight is 689 g/mol. The molecule has 3 N–H and O–H groups in total. The highest BCUT2D eigenvalue weighted by atomic mass is 16.5. The number of carbonyl (C=O) groups is 4. The fraction of sp³-hybridized carbons (Fsp3) is 0.306. The predicted octanol–water partition coefficient (Wildman–Crippen LogP) is 4.57. The van der Waals surface area contributed by atoms with E-state index >= 15 is 0 Å². The van der Waals surface area contributed by atoms with Crippen LogP contribution in [0, 0.1) is 0 Å². The minimum Gasteiger partial charge on any atom is -0.493 e. The summed E-state index contributed by atoms with van der Waals surface area (Å²) in [5, 5.41) is 9.34. The molecule has 1 aliphatic heterocycles. The zero-order valence-corrected chi connectivity index (χ0v) is 28.5. The normalized spacial score (nSPS) is 13.9. The van der Waals surface area contributed by atoms with E-state index in [1.54, 1.807) is 81.4 Å². The van der Waals surface area contributed by atoms with Crippen molar-refractivity contribution in [2.75, 3.05) is 33.5 Å². The molecule has 1 heterocycles. The minimum atomic E-state index is -0.788. The SMILES string of the molecule is CCOC(=O)C1=C(C)NC(=O)N[C@@H]1c1ccc(OCC(=O)N/N=C/c2ccc(OCc3ccc(C(=O)OCC)cc3)c(OCC)c2)c(OC)c1. The second kappa shape index (κ2) is 17.9. The summed E-state index contributed by atoms with van der Waals surface area (Å²) in [5.41, 5.74) is 5.58. The number of nitrogens with zero attached hydrogens (tertiary/aromatic N) is 1. The molecule has 50 heavy (non-hydrogen) atoms. The Morgan fingerprint density at radius 1 is 0.820 bits per heavy atom. The van der Waals surface area contributed by atoms with Crippen molar-refractivity contribution in [3.05, 3.63) is 94.2 Å². The van der Waals surface area contributed by atoms with E-state index in [0.717, 1.165) is 5.56 Å². The lowest BCUT2D eigenvalue weighted by Crippen LogP contribution is -2.45. The van der Waals surface area contributed by atoms with E-state index in [1.807, 2.05) is 6.92 Å². The van der Waals surface area contributed by atoms with Crippen LogP contribution in [0.5, 0.6) is 23.0 Å². The topological polar surface area (TPSA) is 172 Å². The van der Waals surface area contributed by atoms with Gasteiger partial charge in [0.15, 0.2) is 29.6 Å². The van der Waals surface area contributed by atoms with Crippen molar-refractivity contribution in [3.63, 3.8) is 0 Å². The van der Waals surface area contributed by atoms with Gasteiger partial charge in [-0.25, -0.2) is 19.8 Å². The van der Waals surface area contributed by atoms with Gasteiger partial charge in [-0.1, -0.05) is 18.2 Å². The van der Waals surface area contributed by atoms with Crippen molar-refractivity contribution in [2.45, 2.75) is 40.3 Å². The molecule has 0 spiro atoms. The largest absolute Gasteiger partial charge is 0.493 e. The first-order valence-corrected chi connectivity index (χ1v) is 15.9. The van der Waals surface area contributed by atoms with Gasteiger partial charge in [0.2, 0.25) is 0 Å². The van der Waals surface area contributed by atoms with E-state index < -0.39 is 23.9 Å². The molecule has 1 atom stereocenters. The summed E-state index contributed by atoms with van der Waals surface area (Å²) in [6, 6.07) is 15.8. The third-order valence-corrected chi connectivity index (χ3v) is 7.17. The quantitative estimate of drug-likeness (QED) is 0.110. The van der Waals surface area contributed by atoms with Crippen LogP contribution in [0.4, 0.5) is 4.79 Å². The van der Waals surface area contributed by atoms with Gasteiger partial charge >= 0.3 is 18.0 Å². The lowest BCUT2D eigenvalue weighted by atomic mass is 9.95. The number of benzene rings is 3. The smallest absolute Gasteiger partial charge is 0.338 e. The Bertz CT molecular complexity index is 1750. The zero-order chi connectivity index (χ0) is 36.0. The minimum absolute atomic E-state index is 0.173. The van der Waals surface area contributed by atoms with E-state index in [0.29, 0.717) is 47.1 Å². The van der Waals surface area contributed by atoms with Crippen LogP contribution >= 0.6 is 0 Å². The number of urea groups is 1. The maximum Gasteiger partial charge on any atom is 0.338 e. The third kappa shape index (κ3) is 9.75. The van der Waals surface area contributed by atoms with E-state index in [2.05, 4.69) is 21.2 Å². The van der Waals surface area contributed by atoms with Crippen LogP contribution in [0.25, 0.3) is 0 Å². The maximum absolute atomic E-state index is 12.6. The molecule has 0 unspecified atom stereocenters. The van der Waals surface area contributed by atoms with Gasteiger partial charge in [0.25, 0.3) is 5.91 Å². The van der Waals surface area contributed by atoms with Gasteiger partial charge in [-0.2, -0.15) is 5.10 Å². The predicted molar refractivity (Wildman–Crippen MR) is 182 cm³/mol. The number of hydrazone groups is 1. The molecule has 3 aromatic carbocycles. The number of amides is 3. The van der Waals surface area contributed by atoms with Gasteiger partial charge in [-0.05, 0) is 86.8 Å². The van der Waals surface area contributed by atoms with E-state index in [9.17, 15) is 19.2 Å². The molecule has 14 nitrogen and oxygen atoms in total. The maximum atomic E-state index is 12.6. The summed E-state index contributed by atoms with van der Waals surface area (Å²) >= 11 is 0. The number of hydrogen-bond acceptors (Lipinski definition) is 11. The van der Waals surface area contributed by atoms with Crippen molar-refractivity contribution < 1.29 is 47.6 Å². The molecule has 0 saturated heterocycles. The lowest BCUT2D eigenvalue weighted by molar-refractivity contribution is -0.139. The number of carbonyl (C=O) groups excluding carboxylic acids is 4. The second-order valence-electron chi connectivity index (χ2n) is 10.6. The number of esters is 2. The fourth-order valence-electron chi connectivity index (χ4n) is 4.87. The monoisotopic (exact) mass is 688 g/mol. The Labute approximate surface area is 289 Å². The number of methoxy groups -OCH3 is 1. The summed E-state index contributed by atoms with van der Waals surface area (Å²) in [5.74, 6) is 0.0917. The molecule has 1 aliphatic rings. The van der Waals surface area contributed by atoms with Crippen LogP contribution in [0.1, 0.15) is 60.8 Å². The van der Waals surface area contributed by atoms with Crippen molar-refractivity contribution in [1.29, 1.82) is 0 Å². The highest BCUT2D eigenvalue weighted by molar-refractivity contribution is 5.95. The standard InChI is InChI=1S/C36H40N4O10/c1-6-46-30-17-24(11-15-28(30)49-20-23-9-12-25(13-10-23)34(42)47-7-2)19-37-40-31(41)21-50-27-16-14-26(18-29(27)45-5)33-32(35(43)48-8-3)22(4)38-36(44)39-33/h9-19,33H,6-8,20-21H2,1-5H3,(H,40,41)(H2,38,39,44)/b37-19+/t33-/m1/s1. The van der Waals surface area contributed by atoms with Gasteiger partial charge in [-0.15, -0.1) is 0 Å². The Balaban J connectivity index is 1.34. The molecule has 14 heteroatoms. The number of rotatable bonds is 16. The summed E-state index contributed by atoms with van der Waals surface area (Å²) in [4.78, 5) is 49.3. The number of allylic oxidation sites excluding steroid dienone is 1. The van der Waals surface area contributed by atoms with Gasteiger partial charge in [0, 0.05) is 5.70 Å². The third-order valence-electron chi connectivity index (χ3n) is 7.17. The molecular formula is C36H40N4O10. The van der Waals surface area contributed by atoms with E-state index in [4.69, 9.17) is 28.4 Å². The molecule has 0 aromatic heterocycles. The van der Waals surface area contributed by atoms with Crippen LogP contribution < -0.4 is 35.0 Å². The zero-order valence-electron chi connectivity index (χ0n) is 28.5. The summed E-state index contributed by atoms with van der Waals surface area (Å²) in [7, 11) is 1.43. The Morgan fingerprint density at radius 2 is 1.52 bits per heavy atom. The molecule has 0 fully saturated rings. The number of nitrogens with one attached hydrogen (secondary N) is 3. The van der Waals surface area contributed by atoms with Crippen molar-refractivity contribution >= 4 is 30.1 Å². The van der Waals surface area contributed by atoms with Gasteiger partial charge < -0.3 is 39.1 Å². The highest BCUT2D eigenvalue weighted by Gasteiger charge is 2.32. The van der Waals surface area contributed by atoms with E-state index in [-0.39, 0.29) is 42.9 Å². The first kappa shape index (κ1) is 36.8. The molecule has 3 amide bonds. The van der Waals surface area contributed by atoms with Crippen LogP contribution in [0.15, 0.2) is 77.0 Å². The molecule has 3 aromatic rings. The summed E-state index contributed by atoms with van der Waals surface area (Å²) in [6.07, 6.45) is 1.46. The molecule has 0 radical (unpaired) electrons. The summed E-state index contributed by atoms with van der Waals surface area (Å²) in [6.45, 7) is 7.68. The first-order valence-electron chi connectivity index (χ1n) is 15.9. The van der Waals surface area contributed by atoms with E-state index in [1.165, 1.54) is 13.3 Å². The highest BCUT2D eigenvalue weighted by Crippen LogP contribution is 2.35. The molecule has 4 rings (SSSR count). The summed E-state index contributed by atoms with van der Waals surface area (Å²) < 4.78 is 33.1. The van der Waals surface area contributed by atoms with Crippen LogP contribution in [0.2, 0.25) is 0 Å². The molecule has 0 bridgehead atoms. The number of ether oxygens (including phenoxy) is 6. The Morgan fingerprint density at radius 3 is 2.22 bits per heavy atom.